The van der Waals surface area contributed by atoms with Crippen LogP contribution in [0.3, 0.4) is 0 Å². The van der Waals surface area contributed by atoms with E-state index in [4.69, 9.17) is 4.74 Å². The molecule has 94 valence electrons. The van der Waals surface area contributed by atoms with Gasteiger partial charge in [0.15, 0.2) is 0 Å². The Bertz CT molecular complexity index is 518. The van der Waals surface area contributed by atoms with Crippen LogP contribution in [0.25, 0.3) is 0 Å². The molecule has 1 aromatic carbocycles. The number of aryl methyl sites for hydroxylation is 1. The molecule has 0 amide bonds. The van der Waals surface area contributed by atoms with Gasteiger partial charge in [0, 0.05) is 5.92 Å². The van der Waals surface area contributed by atoms with Crippen molar-refractivity contribution in [2.45, 2.75) is 25.7 Å². The SMILES string of the molecule is C/C=C/[C@]1(C(=O)OC)[C@@H]2CCc3ccccc3[C@@H]21. The number of hydrogen-bond donors (Lipinski definition) is 0. The summed E-state index contributed by atoms with van der Waals surface area (Å²) in [5, 5.41) is 0. The fraction of sp³-hybridized carbons (Fsp3) is 0.438. The molecule has 0 saturated heterocycles. The molecule has 2 heteroatoms. The summed E-state index contributed by atoms with van der Waals surface area (Å²) in [6, 6.07) is 8.50. The van der Waals surface area contributed by atoms with Gasteiger partial charge in [0.25, 0.3) is 0 Å². The average Bonchev–Trinajstić information content (AvgIpc) is 3.08. The fourth-order valence-corrected chi connectivity index (χ4v) is 3.76. The van der Waals surface area contributed by atoms with Gasteiger partial charge in [0.2, 0.25) is 0 Å². The third-order valence-corrected chi connectivity index (χ3v) is 4.52. The van der Waals surface area contributed by atoms with Crippen LogP contribution in [-0.2, 0) is 16.0 Å². The highest BCUT2D eigenvalue weighted by atomic mass is 16.5. The Balaban J connectivity index is 2.06. The lowest BCUT2D eigenvalue weighted by atomic mass is 9.92. The van der Waals surface area contributed by atoms with E-state index >= 15 is 0 Å². The zero-order valence-electron chi connectivity index (χ0n) is 10.8. The van der Waals surface area contributed by atoms with E-state index in [1.807, 2.05) is 13.0 Å². The molecule has 0 unspecified atom stereocenters. The van der Waals surface area contributed by atoms with Crippen LogP contribution in [0.2, 0.25) is 0 Å². The maximum atomic E-state index is 12.2. The number of carbonyl (C=O) groups excluding carboxylic acids is 1. The number of fused-ring (bicyclic) bond motifs is 3. The number of methoxy groups -OCH3 is 1. The van der Waals surface area contributed by atoms with Gasteiger partial charge in [0.1, 0.15) is 0 Å². The smallest absolute Gasteiger partial charge is 0.316 e. The second-order valence-corrected chi connectivity index (χ2v) is 5.25. The van der Waals surface area contributed by atoms with Crippen LogP contribution in [0.15, 0.2) is 36.4 Å². The normalized spacial score (nSPS) is 32.8. The van der Waals surface area contributed by atoms with Gasteiger partial charge in [-0.25, -0.2) is 0 Å². The van der Waals surface area contributed by atoms with Crippen LogP contribution in [-0.4, -0.2) is 13.1 Å². The predicted octanol–water partition coefficient (Wildman–Crippen LogP) is 3.08. The van der Waals surface area contributed by atoms with E-state index in [9.17, 15) is 4.79 Å². The molecule has 0 N–H and O–H groups in total. The van der Waals surface area contributed by atoms with Gasteiger partial charge in [-0.15, -0.1) is 0 Å². The van der Waals surface area contributed by atoms with E-state index in [0.29, 0.717) is 11.8 Å². The lowest BCUT2D eigenvalue weighted by Gasteiger charge is -2.13. The Morgan fingerprint density at radius 1 is 1.44 bits per heavy atom. The maximum absolute atomic E-state index is 12.2. The number of esters is 1. The number of rotatable bonds is 2. The third kappa shape index (κ3) is 1.32. The van der Waals surface area contributed by atoms with Gasteiger partial charge in [0.05, 0.1) is 12.5 Å². The highest BCUT2D eigenvalue weighted by Crippen LogP contribution is 2.70. The molecule has 1 fully saturated rings. The highest BCUT2D eigenvalue weighted by Gasteiger charge is 2.69. The van der Waals surface area contributed by atoms with Crippen molar-refractivity contribution < 1.29 is 9.53 Å². The topological polar surface area (TPSA) is 26.3 Å². The first kappa shape index (κ1) is 11.5. The number of carbonyl (C=O) groups is 1. The van der Waals surface area contributed by atoms with E-state index in [2.05, 4.69) is 30.3 Å². The number of hydrogen-bond acceptors (Lipinski definition) is 2. The van der Waals surface area contributed by atoms with Crippen molar-refractivity contribution in [1.82, 2.24) is 0 Å². The van der Waals surface area contributed by atoms with E-state index in [0.717, 1.165) is 12.8 Å². The molecule has 1 aromatic rings. The quantitative estimate of drug-likeness (QED) is 0.588. The lowest BCUT2D eigenvalue weighted by Crippen LogP contribution is -2.18. The summed E-state index contributed by atoms with van der Waals surface area (Å²) in [6.07, 6.45) is 6.20. The molecule has 0 radical (unpaired) electrons. The minimum atomic E-state index is -0.393. The summed E-state index contributed by atoms with van der Waals surface area (Å²) < 4.78 is 5.05. The molecule has 3 atom stereocenters. The molecule has 0 heterocycles. The summed E-state index contributed by atoms with van der Waals surface area (Å²) in [4.78, 5) is 12.2. The molecule has 18 heavy (non-hydrogen) atoms. The maximum Gasteiger partial charge on any atom is 0.316 e. The molecule has 0 spiro atoms. The molecular formula is C16H18O2. The Labute approximate surface area is 108 Å². The minimum Gasteiger partial charge on any atom is -0.468 e. The van der Waals surface area contributed by atoms with E-state index in [1.54, 1.807) is 0 Å². The van der Waals surface area contributed by atoms with E-state index < -0.39 is 5.41 Å². The summed E-state index contributed by atoms with van der Waals surface area (Å²) in [5.74, 6) is 0.675. The number of allylic oxidation sites excluding steroid dienone is 1. The van der Waals surface area contributed by atoms with E-state index in [1.165, 1.54) is 18.2 Å². The zero-order valence-corrected chi connectivity index (χ0v) is 10.8. The van der Waals surface area contributed by atoms with Gasteiger partial charge in [-0.3, -0.25) is 4.79 Å². The summed E-state index contributed by atoms with van der Waals surface area (Å²) >= 11 is 0. The van der Waals surface area contributed by atoms with Crippen LogP contribution >= 0.6 is 0 Å². The molecule has 2 aliphatic carbocycles. The van der Waals surface area contributed by atoms with Crippen LogP contribution < -0.4 is 0 Å². The van der Waals surface area contributed by atoms with Gasteiger partial charge in [-0.2, -0.15) is 0 Å². The van der Waals surface area contributed by atoms with Crippen molar-refractivity contribution in [3.63, 3.8) is 0 Å². The number of ether oxygens (including phenoxy) is 1. The Hall–Kier alpha value is -1.57. The second-order valence-electron chi connectivity index (χ2n) is 5.25. The van der Waals surface area contributed by atoms with Crippen LogP contribution in [0, 0.1) is 11.3 Å². The van der Waals surface area contributed by atoms with Crippen molar-refractivity contribution >= 4 is 5.97 Å². The number of benzene rings is 1. The van der Waals surface area contributed by atoms with Gasteiger partial charge in [-0.1, -0.05) is 36.4 Å². The highest BCUT2D eigenvalue weighted by molar-refractivity contribution is 5.86. The van der Waals surface area contributed by atoms with Gasteiger partial charge >= 0.3 is 5.97 Å². The summed E-state index contributed by atoms with van der Waals surface area (Å²) in [6.45, 7) is 1.97. The van der Waals surface area contributed by atoms with Gasteiger partial charge in [-0.05, 0) is 36.8 Å². The summed E-state index contributed by atoms with van der Waals surface area (Å²) in [5.41, 5.74) is 2.35. The Morgan fingerprint density at radius 3 is 2.94 bits per heavy atom. The lowest BCUT2D eigenvalue weighted by molar-refractivity contribution is -0.145. The first-order valence-corrected chi connectivity index (χ1v) is 6.55. The largest absolute Gasteiger partial charge is 0.468 e. The van der Waals surface area contributed by atoms with E-state index in [-0.39, 0.29) is 5.97 Å². The molecule has 0 bridgehead atoms. The standard InChI is InChI=1S/C16H18O2/c1-3-10-16(15(17)18-2)13-9-8-11-6-4-5-7-12(11)14(13)16/h3-7,10,13-14H,8-9H2,1-2H3/b10-3+/t13-,14+,16+/m1/s1. The molecule has 3 rings (SSSR count). The van der Waals surface area contributed by atoms with Crippen molar-refractivity contribution in [1.29, 1.82) is 0 Å². The fourth-order valence-electron chi connectivity index (χ4n) is 3.76. The van der Waals surface area contributed by atoms with Crippen molar-refractivity contribution in [3.05, 3.63) is 47.5 Å². The van der Waals surface area contributed by atoms with Crippen molar-refractivity contribution in [2.75, 3.05) is 7.11 Å². The van der Waals surface area contributed by atoms with Crippen molar-refractivity contribution in [2.24, 2.45) is 11.3 Å². The molecule has 1 saturated carbocycles. The first-order valence-electron chi connectivity index (χ1n) is 6.55. The zero-order chi connectivity index (χ0) is 12.8. The minimum absolute atomic E-state index is 0.0766. The Kier molecular flexibility index (Phi) is 2.54. The molecular weight excluding hydrogens is 224 g/mol. The van der Waals surface area contributed by atoms with Crippen LogP contribution in [0.4, 0.5) is 0 Å². The molecule has 0 aromatic heterocycles. The third-order valence-electron chi connectivity index (χ3n) is 4.52. The molecule has 2 nitrogen and oxygen atoms in total. The predicted molar refractivity (Wildman–Crippen MR) is 70.3 cm³/mol. The summed E-state index contributed by atoms with van der Waals surface area (Å²) in [7, 11) is 1.49. The van der Waals surface area contributed by atoms with Crippen molar-refractivity contribution in [3.8, 4) is 0 Å². The van der Waals surface area contributed by atoms with Gasteiger partial charge < -0.3 is 4.74 Å². The van der Waals surface area contributed by atoms with Crippen LogP contribution in [0.1, 0.15) is 30.4 Å². The first-order chi connectivity index (χ1) is 8.75. The molecule has 0 aliphatic heterocycles. The van der Waals surface area contributed by atoms with Crippen LogP contribution in [0.5, 0.6) is 0 Å². The monoisotopic (exact) mass is 242 g/mol. The Morgan fingerprint density at radius 2 is 2.22 bits per heavy atom. The molecule has 2 aliphatic rings. The second kappa shape index (κ2) is 3.98. The average molecular weight is 242 g/mol.